The van der Waals surface area contributed by atoms with Crippen LogP contribution in [-0.2, 0) is 25.9 Å². The van der Waals surface area contributed by atoms with E-state index in [1.807, 2.05) is 4.72 Å². The Morgan fingerprint density at radius 3 is 2.48 bits per heavy atom. The van der Waals surface area contributed by atoms with Gasteiger partial charge in [0.1, 0.15) is 10.7 Å². The lowest BCUT2D eigenvalue weighted by atomic mass is 10.2. The monoisotopic (exact) mass is 446 g/mol. The summed E-state index contributed by atoms with van der Waals surface area (Å²) in [5.74, 6) is -0.555. The van der Waals surface area contributed by atoms with E-state index in [0.29, 0.717) is 5.69 Å². The molecule has 3 rings (SSSR count). The van der Waals surface area contributed by atoms with E-state index in [0.717, 1.165) is 6.20 Å². The third kappa shape index (κ3) is 4.27. The summed E-state index contributed by atoms with van der Waals surface area (Å²) < 4.78 is 67.3. The van der Waals surface area contributed by atoms with E-state index in [2.05, 4.69) is 10.3 Å². The number of alkyl halides is 3. The molecule has 1 amide bonds. The topological polar surface area (TPSA) is 93.1 Å². The maximum absolute atomic E-state index is 13.2. The Morgan fingerprint density at radius 2 is 1.97 bits per heavy atom. The molecule has 2 N–H and O–H groups in total. The lowest BCUT2D eigenvalue weighted by Gasteiger charge is -2.24. The number of amides is 1. The molecule has 1 atom stereocenters. The van der Waals surface area contributed by atoms with Crippen molar-refractivity contribution in [2.45, 2.75) is 36.2 Å². The zero-order valence-electron chi connectivity index (χ0n) is 15.3. The van der Waals surface area contributed by atoms with Crippen molar-refractivity contribution in [2.75, 3.05) is 0 Å². The summed E-state index contributed by atoms with van der Waals surface area (Å²) in [4.78, 5) is 14.1. The number of halogens is 3. The van der Waals surface area contributed by atoms with Gasteiger partial charge in [0.25, 0.3) is 10.0 Å². The van der Waals surface area contributed by atoms with Gasteiger partial charge in [0.2, 0.25) is 5.91 Å². The van der Waals surface area contributed by atoms with Crippen molar-refractivity contribution in [3.05, 3.63) is 53.6 Å². The average Bonchev–Trinajstić information content (AvgIpc) is 3.28. The molecule has 1 unspecified atom stereocenters. The molecular formula is C17H17F3N4O3S2. The average molecular weight is 446 g/mol. The third-order valence-electron chi connectivity index (χ3n) is 4.15. The van der Waals surface area contributed by atoms with Crippen molar-refractivity contribution < 1.29 is 26.4 Å². The normalized spacial score (nSPS) is 19.2. The first-order chi connectivity index (χ1) is 13.5. The summed E-state index contributed by atoms with van der Waals surface area (Å²) in [5.41, 5.74) is -0.769. The number of rotatable bonds is 5. The summed E-state index contributed by atoms with van der Waals surface area (Å²) in [6.07, 6.45) is -2.17. The van der Waals surface area contributed by atoms with Crippen LogP contribution in [0.15, 0.2) is 47.0 Å². The van der Waals surface area contributed by atoms with Crippen molar-refractivity contribution in [3.8, 4) is 5.69 Å². The quantitative estimate of drug-likeness (QED) is 0.733. The highest BCUT2D eigenvalue weighted by Crippen LogP contribution is 2.40. The Balaban J connectivity index is 2.02. The molecule has 1 aromatic heterocycles. The van der Waals surface area contributed by atoms with E-state index in [1.54, 1.807) is 18.5 Å². The number of aromatic nitrogens is 2. The minimum absolute atomic E-state index is 0.00673. The standard InChI is InChI=1S/C17H17F3N4O3S2/c1-3-14(25)23-29(26,27)12-6-4-11(5-7-12)24-10-13(17(18,19)20)22-15(24)16(2)21-8-9-28-16/h4-10,21H,3H2,1-2H3,(H,23,25). The number of thioether (sulfide) groups is 1. The van der Waals surface area contributed by atoms with E-state index in [1.165, 1.54) is 47.5 Å². The van der Waals surface area contributed by atoms with Crippen LogP contribution in [0, 0.1) is 0 Å². The number of imidazole rings is 1. The molecule has 0 fully saturated rings. The van der Waals surface area contributed by atoms with Crippen LogP contribution in [0.2, 0.25) is 0 Å². The zero-order valence-corrected chi connectivity index (χ0v) is 17.0. The van der Waals surface area contributed by atoms with Crippen LogP contribution in [0.1, 0.15) is 31.8 Å². The van der Waals surface area contributed by atoms with Gasteiger partial charge in [-0.25, -0.2) is 18.1 Å². The summed E-state index contributed by atoms with van der Waals surface area (Å²) in [7, 11) is -4.06. The van der Waals surface area contributed by atoms with Gasteiger partial charge < -0.3 is 9.88 Å². The molecule has 2 heterocycles. The molecule has 1 aromatic carbocycles. The molecule has 0 bridgehead atoms. The smallest absolute Gasteiger partial charge is 0.370 e. The summed E-state index contributed by atoms with van der Waals surface area (Å²) in [6.45, 7) is 3.20. The van der Waals surface area contributed by atoms with Crippen molar-refractivity contribution in [3.63, 3.8) is 0 Å². The van der Waals surface area contributed by atoms with Gasteiger partial charge in [-0.2, -0.15) is 13.2 Å². The zero-order chi connectivity index (χ0) is 21.4. The Bertz CT molecular complexity index is 1050. The summed E-state index contributed by atoms with van der Waals surface area (Å²) >= 11 is 1.26. The SMILES string of the molecule is CCC(=O)NS(=O)(=O)c1ccc(-n2cc(C(F)(F)F)nc2C2(C)NC=CS2)cc1. The second kappa shape index (κ2) is 7.41. The number of nitrogens with one attached hydrogen (secondary N) is 2. The fourth-order valence-corrected chi connectivity index (χ4v) is 4.48. The van der Waals surface area contributed by atoms with Crippen LogP contribution in [0.3, 0.4) is 0 Å². The minimum atomic E-state index is -4.64. The van der Waals surface area contributed by atoms with E-state index in [-0.39, 0.29) is 17.1 Å². The molecule has 1 aliphatic heterocycles. The van der Waals surface area contributed by atoms with Crippen LogP contribution in [0.4, 0.5) is 13.2 Å². The maximum Gasteiger partial charge on any atom is 0.434 e. The molecule has 0 radical (unpaired) electrons. The van der Waals surface area contributed by atoms with Crippen molar-refractivity contribution in [1.82, 2.24) is 19.6 Å². The van der Waals surface area contributed by atoms with Gasteiger partial charge >= 0.3 is 6.18 Å². The predicted molar refractivity (Wildman–Crippen MR) is 101 cm³/mol. The number of hydrogen-bond acceptors (Lipinski definition) is 6. The number of nitrogens with zero attached hydrogens (tertiary/aromatic N) is 2. The fourth-order valence-electron chi connectivity index (χ4n) is 2.63. The minimum Gasteiger partial charge on any atom is -0.370 e. The molecule has 7 nitrogen and oxygen atoms in total. The largest absolute Gasteiger partial charge is 0.434 e. The Morgan fingerprint density at radius 1 is 1.31 bits per heavy atom. The fraction of sp³-hybridized carbons (Fsp3) is 0.294. The molecule has 29 heavy (non-hydrogen) atoms. The highest BCUT2D eigenvalue weighted by Gasteiger charge is 2.40. The van der Waals surface area contributed by atoms with Crippen molar-refractivity contribution in [2.24, 2.45) is 0 Å². The molecule has 0 spiro atoms. The molecule has 2 aromatic rings. The van der Waals surface area contributed by atoms with Crippen LogP contribution in [0.5, 0.6) is 0 Å². The number of carbonyl (C=O) groups is 1. The Kier molecular flexibility index (Phi) is 5.43. The summed E-state index contributed by atoms with van der Waals surface area (Å²) in [5, 5.41) is 4.68. The Labute approximate surface area is 169 Å². The van der Waals surface area contributed by atoms with E-state index in [9.17, 15) is 26.4 Å². The highest BCUT2D eigenvalue weighted by molar-refractivity contribution is 8.03. The first kappa shape index (κ1) is 21.2. The van der Waals surface area contributed by atoms with Gasteiger partial charge in [0.05, 0.1) is 4.90 Å². The number of sulfonamides is 1. The van der Waals surface area contributed by atoms with Crippen LogP contribution in [-0.4, -0.2) is 23.9 Å². The molecular weight excluding hydrogens is 429 g/mol. The first-order valence-electron chi connectivity index (χ1n) is 8.40. The maximum atomic E-state index is 13.2. The highest BCUT2D eigenvalue weighted by atomic mass is 32.2. The first-order valence-corrected chi connectivity index (χ1v) is 10.8. The van der Waals surface area contributed by atoms with E-state index in [4.69, 9.17) is 0 Å². The lowest BCUT2D eigenvalue weighted by molar-refractivity contribution is -0.141. The number of carbonyl (C=O) groups excluding carboxylic acids is 1. The molecule has 0 aliphatic carbocycles. The summed E-state index contributed by atoms with van der Waals surface area (Å²) in [6, 6.07) is 5.14. The number of benzene rings is 1. The van der Waals surface area contributed by atoms with E-state index >= 15 is 0 Å². The van der Waals surface area contributed by atoms with Gasteiger partial charge in [0.15, 0.2) is 5.69 Å². The number of hydrogen-bond donors (Lipinski definition) is 2. The van der Waals surface area contributed by atoms with Crippen molar-refractivity contribution in [1.29, 1.82) is 0 Å². The predicted octanol–water partition coefficient (Wildman–Crippen LogP) is 3.09. The second-order valence-electron chi connectivity index (χ2n) is 6.29. The third-order valence-corrected chi connectivity index (χ3v) is 6.58. The van der Waals surface area contributed by atoms with Gasteiger partial charge in [0, 0.05) is 24.5 Å². The Hall–Kier alpha value is -2.47. The molecule has 0 saturated carbocycles. The molecule has 1 aliphatic rings. The second-order valence-corrected chi connectivity index (χ2v) is 9.30. The van der Waals surface area contributed by atoms with Gasteiger partial charge in [-0.3, -0.25) is 4.79 Å². The van der Waals surface area contributed by atoms with Gasteiger partial charge in [-0.05, 0) is 36.6 Å². The van der Waals surface area contributed by atoms with Gasteiger partial charge in [-0.1, -0.05) is 18.7 Å². The lowest BCUT2D eigenvalue weighted by Crippen LogP contribution is -2.32. The van der Waals surface area contributed by atoms with E-state index < -0.39 is 32.7 Å². The van der Waals surface area contributed by atoms with Crippen LogP contribution < -0.4 is 10.0 Å². The molecule has 12 heteroatoms. The van der Waals surface area contributed by atoms with Crippen LogP contribution in [0.25, 0.3) is 5.69 Å². The molecule has 156 valence electrons. The van der Waals surface area contributed by atoms with Crippen LogP contribution >= 0.6 is 11.8 Å². The van der Waals surface area contributed by atoms with Gasteiger partial charge in [-0.15, -0.1) is 0 Å². The van der Waals surface area contributed by atoms with Crippen molar-refractivity contribution >= 4 is 27.7 Å². The molecule has 0 saturated heterocycles.